The molecule has 0 spiro atoms. The number of fused-ring (bicyclic) bond motifs is 1. The van der Waals surface area contributed by atoms with E-state index in [1.165, 1.54) is 6.42 Å². The number of rotatable bonds is 0. The molecule has 1 nitrogen and oxygen atoms in total. The standard InChI is InChI=1S/C9H14O/c1-7-3-2-4-8-5-10-6-9(7)8/h2-3,7-9H,4-6H2,1H3. The third kappa shape index (κ3) is 0.891. The summed E-state index contributed by atoms with van der Waals surface area (Å²) in [6, 6.07) is 0. The summed E-state index contributed by atoms with van der Waals surface area (Å²) in [6.07, 6.45) is 5.88. The Bertz CT molecular complexity index is 151. The molecule has 1 heterocycles. The van der Waals surface area contributed by atoms with Crippen molar-refractivity contribution in [2.75, 3.05) is 13.2 Å². The van der Waals surface area contributed by atoms with Gasteiger partial charge in [-0.05, 0) is 24.2 Å². The molecule has 0 aromatic heterocycles. The van der Waals surface area contributed by atoms with Crippen molar-refractivity contribution in [3.63, 3.8) is 0 Å². The van der Waals surface area contributed by atoms with Crippen LogP contribution in [0.2, 0.25) is 0 Å². The van der Waals surface area contributed by atoms with E-state index in [1.807, 2.05) is 0 Å². The summed E-state index contributed by atoms with van der Waals surface area (Å²) in [6.45, 7) is 4.29. The highest BCUT2D eigenvalue weighted by molar-refractivity contribution is 5.00. The third-order valence-corrected chi connectivity index (χ3v) is 2.80. The molecular weight excluding hydrogens is 124 g/mol. The Morgan fingerprint density at radius 3 is 3.10 bits per heavy atom. The minimum Gasteiger partial charge on any atom is -0.381 e. The van der Waals surface area contributed by atoms with Crippen LogP contribution in [0.1, 0.15) is 13.3 Å². The number of ether oxygens (including phenoxy) is 1. The Morgan fingerprint density at radius 1 is 1.40 bits per heavy atom. The SMILES string of the molecule is CC1C=CCC2COCC12. The van der Waals surface area contributed by atoms with Gasteiger partial charge >= 0.3 is 0 Å². The van der Waals surface area contributed by atoms with E-state index < -0.39 is 0 Å². The van der Waals surface area contributed by atoms with E-state index in [2.05, 4.69) is 19.1 Å². The Balaban J connectivity index is 2.13. The van der Waals surface area contributed by atoms with Crippen molar-refractivity contribution < 1.29 is 4.74 Å². The second-order valence-electron chi connectivity index (χ2n) is 3.48. The van der Waals surface area contributed by atoms with E-state index in [9.17, 15) is 0 Å². The van der Waals surface area contributed by atoms with E-state index in [4.69, 9.17) is 4.74 Å². The fourth-order valence-electron chi connectivity index (χ4n) is 2.05. The van der Waals surface area contributed by atoms with Crippen molar-refractivity contribution in [2.24, 2.45) is 17.8 Å². The number of allylic oxidation sites excluding steroid dienone is 2. The van der Waals surface area contributed by atoms with Gasteiger partial charge in [0, 0.05) is 0 Å². The summed E-state index contributed by atoms with van der Waals surface area (Å²) in [5.41, 5.74) is 0. The predicted octanol–water partition coefficient (Wildman–Crippen LogP) is 1.84. The van der Waals surface area contributed by atoms with Gasteiger partial charge in [0.05, 0.1) is 13.2 Å². The maximum atomic E-state index is 5.42. The van der Waals surface area contributed by atoms with Gasteiger partial charge in [-0.25, -0.2) is 0 Å². The zero-order valence-electron chi connectivity index (χ0n) is 6.42. The van der Waals surface area contributed by atoms with Gasteiger partial charge in [0.2, 0.25) is 0 Å². The molecular formula is C9H14O. The van der Waals surface area contributed by atoms with Crippen LogP contribution < -0.4 is 0 Å². The minimum absolute atomic E-state index is 0.751. The molecule has 1 aliphatic carbocycles. The highest BCUT2D eigenvalue weighted by atomic mass is 16.5. The van der Waals surface area contributed by atoms with Gasteiger partial charge in [0.25, 0.3) is 0 Å². The van der Waals surface area contributed by atoms with Gasteiger partial charge in [-0.3, -0.25) is 0 Å². The monoisotopic (exact) mass is 138 g/mol. The Kier molecular flexibility index (Phi) is 1.53. The summed E-state index contributed by atoms with van der Waals surface area (Å²) in [5, 5.41) is 0. The molecule has 2 aliphatic rings. The van der Waals surface area contributed by atoms with Crippen molar-refractivity contribution in [3.05, 3.63) is 12.2 Å². The molecule has 1 heteroatoms. The van der Waals surface area contributed by atoms with E-state index in [0.717, 1.165) is 31.0 Å². The first kappa shape index (κ1) is 6.41. The van der Waals surface area contributed by atoms with Gasteiger partial charge in [0.1, 0.15) is 0 Å². The van der Waals surface area contributed by atoms with Crippen molar-refractivity contribution >= 4 is 0 Å². The van der Waals surface area contributed by atoms with E-state index in [0.29, 0.717) is 0 Å². The molecule has 0 saturated carbocycles. The number of hydrogen-bond donors (Lipinski definition) is 0. The predicted molar refractivity (Wildman–Crippen MR) is 40.7 cm³/mol. The highest BCUT2D eigenvalue weighted by Gasteiger charge is 2.32. The first-order valence-electron chi connectivity index (χ1n) is 4.12. The van der Waals surface area contributed by atoms with Crippen LogP contribution in [0.5, 0.6) is 0 Å². The van der Waals surface area contributed by atoms with Gasteiger partial charge < -0.3 is 4.74 Å². The lowest BCUT2D eigenvalue weighted by Gasteiger charge is -2.24. The van der Waals surface area contributed by atoms with Crippen LogP contribution in [-0.4, -0.2) is 13.2 Å². The van der Waals surface area contributed by atoms with Crippen LogP contribution in [0.4, 0.5) is 0 Å². The third-order valence-electron chi connectivity index (χ3n) is 2.80. The van der Waals surface area contributed by atoms with E-state index in [-0.39, 0.29) is 0 Å². The second kappa shape index (κ2) is 2.39. The lowest BCUT2D eigenvalue weighted by Crippen LogP contribution is -2.21. The van der Waals surface area contributed by atoms with Crippen molar-refractivity contribution in [2.45, 2.75) is 13.3 Å². The first-order valence-corrected chi connectivity index (χ1v) is 4.12. The van der Waals surface area contributed by atoms with Crippen LogP contribution >= 0.6 is 0 Å². The number of hydrogen-bond acceptors (Lipinski definition) is 1. The smallest absolute Gasteiger partial charge is 0.0503 e. The second-order valence-corrected chi connectivity index (χ2v) is 3.48. The fraction of sp³-hybridized carbons (Fsp3) is 0.778. The molecule has 2 rings (SSSR count). The molecule has 0 amide bonds. The summed E-state index contributed by atoms with van der Waals surface area (Å²) in [7, 11) is 0. The van der Waals surface area contributed by atoms with Crippen LogP contribution in [-0.2, 0) is 4.74 Å². The fourth-order valence-corrected chi connectivity index (χ4v) is 2.05. The molecule has 10 heavy (non-hydrogen) atoms. The van der Waals surface area contributed by atoms with Gasteiger partial charge in [-0.2, -0.15) is 0 Å². The molecule has 1 saturated heterocycles. The van der Waals surface area contributed by atoms with Gasteiger partial charge in [0.15, 0.2) is 0 Å². The lowest BCUT2D eigenvalue weighted by molar-refractivity contribution is 0.177. The van der Waals surface area contributed by atoms with Crippen molar-refractivity contribution in [1.29, 1.82) is 0 Å². The Morgan fingerprint density at radius 2 is 2.30 bits per heavy atom. The van der Waals surface area contributed by atoms with Crippen LogP contribution in [0.15, 0.2) is 12.2 Å². The quantitative estimate of drug-likeness (QED) is 0.464. The molecule has 0 bridgehead atoms. The zero-order valence-corrected chi connectivity index (χ0v) is 6.42. The van der Waals surface area contributed by atoms with Crippen molar-refractivity contribution in [1.82, 2.24) is 0 Å². The Labute approximate surface area is 62.1 Å². The summed E-state index contributed by atoms with van der Waals surface area (Å²) in [4.78, 5) is 0. The maximum absolute atomic E-state index is 5.42. The molecule has 3 unspecified atom stereocenters. The van der Waals surface area contributed by atoms with Gasteiger partial charge in [-0.15, -0.1) is 0 Å². The highest BCUT2D eigenvalue weighted by Crippen LogP contribution is 2.34. The molecule has 0 aromatic rings. The Hall–Kier alpha value is -0.300. The molecule has 0 radical (unpaired) electrons. The average Bonchev–Trinajstić information content (AvgIpc) is 2.36. The average molecular weight is 138 g/mol. The van der Waals surface area contributed by atoms with E-state index in [1.54, 1.807) is 0 Å². The summed E-state index contributed by atoms with van der Waals surface area (Å²) >= 11 is 0. The zero-order chi connectivity index (χ0) is 6.97. The van der Waals surface area contributed by atoms with Crippen LogP contribution in [0, 0.1) is 17.8 Å². The largest absolute Gasteiger partial charge is 0.381 e. The van der Waals surface area contributed by atoms with Crippen molar-refractivity contribution in [3.8, 4) is 0 Å². The molecule has 0 aromatic carbocycles. The van der Waals surface area contributed by atoms with Crippen LogP contribution in [0.25, 0.3) is 0 Å². The molecule has 1 aliphatic heterocycles. The maximum Gasteiger partial charge on any atom is 0.0503 e. The topological polar surface area (TPSA) is 9.23 Å². The van der Waals surface area contributed by atoms with E-state index >= 15 is 0 Å². The summed E-state index contributed by atoms with van der Waals surface area (Å²) in [5.74, 6) is 2.41. The van der Waals surface area contributed by atoms with Gasteiger partial charge in [-0.1, -0.05) is 19.1 Å². The molecule has 1 fully saturated rings. The molecule has 56 valence electrons. The first-order chi connectivity index (χ1) is 4.88. The minimum atomic E-state index is 0.751. The van der Waals surface area contributed by atoms with Crippen LogP contribution in [0.3, 0.4) is 0 Å². The molecule has 3 atom stereocenters. The normalized spacial score (nSPS) is 45.5. The molecule has 0 N–H and O–H groups in total. The lowest BCUT2D eigenvalue weighted by atomic mass is 9.79. The summed E-state index contributed by atoms with van der Waals surface area (Å²) < 4.78 is 5.42.